The minimum atomic E-state index is -0.588. The maximum atomic E-state index is 12.3. The molecule has 0 radical (unpaired) electrons. The van der Waals surface area contributed by atoms with Crippen molar-refractivity contribution in [3.63, 3.8) is 0 Å². The number of imide groups is 1. The lowest BCUT2D eigenvalue weighted by atomic mass is 9.77. The number of nitrogens with one attached hydrogen (secondary N) is 1. The Morgan fingerprint density at radius 2 is 2.00 bits per heavy atom. The third-order valence-electron chi connectivity index (χ3n) is 4.60. The number of likely N-dealkylation sites (N-methyl/N-ethyl adjacent to an activating group) is 1. The third-order valence-corrected chi connectivity index (χ3v) is 4.60. The molecule has 4 unspecified atom stereocenters. The molecule has 1 heterocycles. The summed E-state index contributed by atoms with van der Waals surface area (Å²) in [5.41, 5.74) is 6.10. The van der Waals surface area contributed by atoms with E-state index in [1.807, 2.05) is 0 Å². The third kappa shape index (κ3) is 2.85. The first-order valence-corrected chi connectivity index (χ1v) is 7.28. The molecule has 3 N–H and O–H groups in total. The van der Waals surface area contributed by atoms with Crippen LogP contribution in [0.25, 0.3) is 0 Å². The van der Waals surface area contributed by atoms with Gasteiger partial charge in [-0.1, -0.05) is 13.3 Å². The van der Waals surface area contributed by atoms with Crippen LogP contribution in [-0.2, 0) is 14.4 Å². The fraction of sp³-hybridized carbons (Fsp3) is 0.786. The molecule has 1 aliphatic heterocycles. The summed E-state index contributed by atoms with van der Waals surface area (Å²) in [6.07, 6.45) is 3.48. The zero-order valence-corrected chi connectivity index (χ0v) is 12.1. The molecule has 6 nitrogen and oxygen atoms in total. The van der Waals surface area contributed by atoms with Crippen molar-refractivity contribution in [2.75, 3.05) is 7.05 Å². The number of piperidine rings is 1. The zero-order chi connectivity index (χ0) is 14.9. The van der Waals surface area contributed by atoms with Crippen LogP contribution in [0.5, 0.6) is 0 Å². The number of carbonyl (C=O) groups excluding carboxylic acids is 3. The Labute approximate surface area is 119 Å². The number of nitrogens with zero attached hydrogens (tertiary/aromatic N) is 1. The Balaban J connectivity index is 1.97. The van der Waals surface area contributed by atoms with E-state index in [1.54, 1.807) is 0 Å². The lowest BCUT2D eigenvalue weighted by Gasteiger charge is -2.35. The van der Waals surface area contributed by atoms with Crippen molar-refractivity contribution in [1.82, 2.24) is 10.2 Å². The number of rotatable bonds is 2. The first-order chi connectivity index (χ1) is 9.41. The molecule has 3 amide bonds. The molecule has 2 aliphatic rings. The van der Waals surface area contributed by atoms with Gasteiger partial charge >= 0.3 is 0 Å². The van der Waals surface area contributed by atoms with Gasteiger partial charge < -0.3 is 11.1 Å². The normalized spacial score (nSPS) is 35.0. The Kier molecular flexibility index (Phi) is 4.42. The minimum absolute atomic E-state index is 0.148. The predicted octanol–water partition coefficient (Wildman–Crippen LogP) is 0.0135. The Morgan fingerprint density at radius 3 is 2.70 bits per heavy atom. The summed E-state index contributed by atoms with van der Waals surface area (Å²) in [7, 11) is 1.46. The van der Waals surface area contributed by atoms with Crippen molar-refractivity contribution in [3.05, 3.63) is 0 Å². The second kappa shape index (κ2) is 5.91. The summed E-state index contributed by atoms with van der Waals surface area (Å²) in [6, 6.07) is -0.739. The van der Waals surface area contributed by atoms with Crippen LogP contribution in [0.2, 0.25) is 0 Å². The fourth-order valence-electron chi connectivity index (χ4n) is 3.08. The van der Waals surface area contributed by atoms with Crippen molar-refractivity contribution in [1.29, 1.82) is 0 Å². The molecule has 0 bridgehead atoms. The van der Waals surface area contributed by atoms with E-state index in [0.29, 0.717) is 18.8 Å². The Morgan fingerprint density at radius 1 is 1.30 bits per heavy atom. The van der Waals surface area contributed by atoms with Crippen LogP contribution in [0.4, 0.5) is 0 Å². The molecule has 1 saturated carbocycles. The van der Waals surface area contributed by atoms with Gasteiger partial charge in [0.2, 0.25) is 11.8 Å². The molecule has 6 heteroatoms. The number of nitrogens with two attached hydrogens (primary N) is 1. The largest absolute Gasteiger partial charge is 0.344 e. The summed E-state index contributed by atoms with van der Waals surface area (Å²) in [5.74, 6) is -0.569. The summed E-state index contributed by atoms with van der Waals surface area (Å²) in [5, 5.41) is 2.78. The molecule has 1 saturated heterocycles. The molecule has 2 rings (SSSR count). The number of hydrogen-bond acceptors (Lipinski definition) is 4. The first kappa shape index (κ1) is 15.0. The van der Waals surface area contributed by atoms with E-state index in [9.17, 15) is 14.4 Å². The summed E-state index contributed by atoms with van der Waals surface area (Å²) in [4.78, 5) is 36.8. The van der Waals surface area contributed by atoms with Gasteiger partial charge in [-0.3, -0.25) is 19.3 Å². The van der Waals surface area contributed by atoms with Crippen LogP contribution in [-0.4, -0.2) is 41.8 Å². The van der Waals surface area contributed by atoms with E-state index >= 15 is 0 Å². The highest BCUT2D eigenvalue weighted by Crippen LogP contribution is 2.28. The van der Waals surface area contributed by atoms with Crippen molar-refractivity contribution in [3.8, 4) is 0 Å². The molecule has 1 aliphatic carbocycles. The fourth-order valence-corrected chi connectivity index (χ4v) is 3.08. The van der Waals surface area contributed by atoms with E-state index in [-0.39, 0.29) is 29.7 Å². The van der Waals surface area contributed by atoms with Crippen LogP contribution in [0.1, 0.15) is 39.0 Å². The highest BCUT2D eigenvalue weighted by atomic mass is 16.2. The number of hydrogen-bond donors (Lipinski definition) is 2. The SMILES string of the molecule is CC1CCCC(C(=O)NC2CCC(=O)N(C)C2=O)C1N. The Bertz CT molecular complexity index is 424. The maximum Gasteiger partial charge on any atom is 0.251 e. The van der Waals surface area contributed by atoms with Gasteiger partial charge in [-0.2, -0.15) is 0 Å². The summed E-state index contributed by atoms with van der Waals surface area (Å²) < 4.78 is 0. The van der Waals surface area contributed by atoms with Gasteiger partial charge in [-0.25, -0.2) is 0 Å². The standard InChI is InChI=1S/C14H23N3O3/c1-8-4-3-5-9(12(8)15)13(19)16-10-6-7-11(18)17(2)14(10)20/h8-10,12H,3-7,15H2,1-2H3,(H,16,19). The van der Waals surface area contributed by atoms with Crippen molar-refractivity contribution < 1.29 is 14.4 Å². The van der Waals surface area contributed by atoms with Crippen LogP contribution in [0, 0.1) is 11.8 Å². The minimum Gasteiger partial charge on any atom is -0.344 e. The zero-order valence-electron chi connectivity index (χ0n) is 12.1. The summed E-state index contributed by atoms with van der Waals surface area (Å²) in [6.45, 7) is 2.06. The van der Waals surface area contributed by atoms with E-state index in [0.717, 1.165) is 24.2 Å². The lowest BCUT2D eigenvalue weighted by Crippen LogP contribution is -2.56. The number of amides is 3. The second-order valence-electron chi connectivity index (χ2n) is 5.98. The van der Waals surface area contributed by atoms with E-state index in [1.165, 1.54) is 7.05 Å². The van der Waals surface area contributed by atoms with Gasteiger partial charge in [-0.05, 0) is 25.2 Å². The molecule has 0 aromatic heterocycles. The average molecular weight is 281 g/mol. The lowest BCUT2D eigenvalue weighted by molar-refractivity contribution is -0.150. The summed E-state index contributed by atoms with van der Waals surface area (Å²) >= 11 is 0. The highest BCUT2D eigenvalue weighted by molar-refractivity contribution is 6.01. The molecular weight excluding hydrogens is 258 g/mol. The van der Waals surface area contributed by atoms with Gasteiger partial charge in [0.25, 0.3) is 5.91 Å². The molecular formula is C14H23N3O3. The van der Waals surface area contributed by atoms with Gasteiger partial charge in [0.05, 0.1) is 5.92 Å². The smallest absolute Gasteiger partial charge is 0.251 e. The van der Waals surface area contributed by atoms with Crippen LogP contribution in [0.3, 0.4) is 0 Å². The van der Waals surface area contributed by atoms with Crippen molar-refractivity contribution in [2.24, 2.45) is 17.6 Å². The average Bonchev–Trinajstić information content (AvgIpc) is 2.42. The van der Waals surface area contributed by atoms with Crippen LogP contribution < -0.4 is 11.1 Å². The van der Waals surface area contributed by atoms with Gasteiger partial charge in [0.15, 0.2) is 0 Å². The Hall–Kier alpha value is -1.43. The van der Waals surface area contributed by atoms with E-state index < -0.39 is 6.04 Å². The van der Waals surface area contributed by atoms with Crippen molar-refractivity contribution >= 4 is 17.7 Å². The number of likely N-dealkylation sites (tertiary alicyclic amines) is 1. The topological polar surface area (TPSA) is 92.5 Å². The molecule has 20 heavy (non-hydrogen) atoms. The van der Waals surface area contributed by atoms with Gasteiger partial charge in [0.1, 0.15) is 6.04 Å². The molecule has 0 aromatic rings. The number of carbonyl (C=O) groups is 3. The first-order valence-electron chi connectivity index (χ1n) is 7.28. The molecule has 4 atom stereocenters. The molecule has 0 spiro atoms. The van der Waals surface area contributed by atoms with Gasteiger partial charge in [0, 0.05) is 19.5 Å². The van der Waals surface area contributed by atoms with Crippen LogP contribution in [0.15, 0.2) is 0 Å². The maximum absolute atomic E-state index is 12.3. The molecule has 112 valence electrons. The van der Waals surface area contributed by atoms with Gasteiger partial charge in [-0.15, -0.1) is 0 Å². The highest BCUT2D eigenvalue weighted by Gasteiger charge is 2.37. The second-order valence-corrected chi connectivity index (χ2v) is 5.98. The molecule has 0 aromatic carbocycles. The van der Waals surface area contributed by atoms with Crippen LogP contribution >= 0.6 is 0 Å². The monoisotopic (exact) mass is 281 g/mol. The van der Waals surface area contributed by atoms with E-state index in [4.69, 9.17) is 5.73 Å². The van der Waals surface area contributed by atoms with E-state index in [2.05, 4.69) is 12.2 Å². The van der Waals surface area contributed by atoms with Crippen molar-refractivity contribution in [2.45, 2.75) is 51.1 Å². The quantitative estimate of drug-likeness (QED) is 0.698. The molecule has 2 fully saturated rings. The predicted molar refractivity (Wildman–Crippen MR) is 73.4 cm³/mol.